The molecule has 0 saturated carbocycles. The summed E-state index contributed by atoms with van der Waals surface area (Å²) in [6, 6.07) is 13.6. The number of sulfonamides is 1. The van der Waals surface area contributed by atoms with Crippen LogP contribution in [0.1, 0.15) is 6.92 Å². The van der Waals surface area contributed by atoms with Crippen molar-refractivity contribution in [2.24, 2.45) is 0 Å². The normalized spacial score (nSPS) is 11.0. The zero-order chi connectivity index (χ0) is 15.3. The molecule has 0 bridgehead atoms. The smallest absolute Gasteiger partial charge is 0.263 e. The molecule has 0 saturated heterocycles. The van der Waals surface area contributed by atoms with Crippen molar-refractivity contribution in [1.82, 2.24) is 0 Å². The van der Waals surface area contributed by atoms with E-state index in [1.165, 1.54) is 0 Å². The number of nitrogens with one attached hydrogen (secondary N) is 2. The molecule has 0 heterocycles. The monoisotopic (exact) mass is 306 g/mol. The average Bonchev–Trinajstić information content (AvgIpc) is 2.47. The maximum atomic E-state index is 12.5. The number of rotatable bonds is 6. The third-order valence-electron chi connectivity index (χ3n) is 2.84. The first-order valence-corrected chi connectivity index (χ1v) is 8.07. The molecule has 0 fully saturated rings. The van der Waals surface area contributed by atoms with E-state index in [2.05, 4.69) is 10.0 Å². The van der Waals surface area contributed by atoms with Gasteiger partial charge in [-0.1, -0.05) is 18.2 Å². The predicted molar refractivity (Wildman–Crippen MR) is 84.4 cm³/mol. The molecule has 0 aliphatic carbocycles. The Balaban J connectivity index is 2.31. The van der Waals surface area contributed by atoms with Gasteiger partial charge in [0.25, 0.3) is 10.0 Å². The maximum absolute atomic E-state index is 12.5. The van der Waals surface area contributed by atoms with Gasteiger partial charge in [0.15, 0.2) is 0 Å². The zero-order valence-corrected chi connectivity index (χ0v) is 12.8. The third kappa shape index (κ3) is 3.66. The summed E-state index contributed by atoms with van der Waals surface area (Å²) in [6.45, 7) is 2.40. The van der Waals surface area contributed by atoms with Gasteiger partial charge < -0.3 is 10.1 Å². The molecule has 0 unspecified atom stereocenters. The minimum atomic E-state index is -3.66. The van der Waals surface area contributed by atoms with Gasteiger partial charge in [-0.05, 0) is 31.2 Å². The van der Waals surface area contributed by atoms with Gasteiger partial charge in [-0.3, -0.25) is 4.72 Å². The summed E-state index contributed by atoms with van der Waals surface area (Å²) in [6.07, 6.45) is 0. The summed E-state index contributed by atoms with van der Waals surface area (Å²) in [5.74, 6) is 0.625. The second-order valence-corrected chi connectivity index (χ2v) is 5.96. The zero-order valence-electron chi connectivity index (χ0n) is 12.0. The van der Waals surface area contributed by atoms with Crippen LogP contribution in [0.2, 0.25) is 0 Å². The van der Waals surface area contributed by atoms with Gasteiger partial charge in [0.05, 0.1) is 18.0 Å². The van der Waals surface area contributed by atoms with Gasteiger partial charge in [-0.2, -0.15) is 0 Å². The number of hydrogen-bond acceptors (Lipinski definition) is 4. The van der Waals surface area contributed by atoms with Crippen LogP contribution in [0.5, 0.6) is 5.75 Å². The molecule has 6 heteroatoms. The first-order valence-electron chi connectivity index (χ1n) is 6.59. The Kier molecular flexibility index (Phi) is 4.70. The van der Waals surface area contributed by atoms with Crippen LogP contribution in [0.4, 0.5) is 11.4 Å². The molecule has 112 valence electrons. The molecule has 0 aromatic heterocycles. The Bertz CT molecular complexity index is 714. The molecule has 2 aromatic rings. The lowest BCUT2D eigenvalue weighted by Crippen LogP contribution is -2.14. The van der Waals surface area contributed by atoms with E-state index in [-0.39, 0.29) is 4.90 Å². The van der Waals surface area contributed by atoms with E-state index < -0.39 is 10.0 Å². The van der Waals surface area contributed by atoms with E-state index in [4.69, 9.17) is 4.74 Å². The van der Waals surface area contributed by atoms with Crippen LogP contribution >= 0.6 is 0 Å². The lowest BCUT2D eigenvalue weighted by atomic mass is 10.3. The Hall–Kier alpha value is -2.21. The summed E-state index contributed by atoms with van der Waals surface area (Å²) < 4.78 is 32.8. The van der Waals surface area contributed by atoms with Crippen LogP contribution in [0.25, 0.3) is 0 Å². The molecule has 0 aliphatic rings. The molecule has 0 aliphatic heterocycles. The Morgan fingerprint density at radius 3 is 2.57 bits per heavy atom. The van der Waals surface area contributed by atoms with Gasteiger partial charge in [0, 0.05) is 13.1 Å². The van der Waals surface area contributed by atoms with E-state index in [1.54, 1.807) is 55.6 Å². The van der Waals surface area contributed by atoms with Crippen LogP contribution in [0.3, 0.4) is 0 Å². The molecule has 2 aromatic carbocycles. The van der Waals surface area contributed by atoms with Gasteiger partial charge in [-0.15, -0.1) is 0 Å². The summed E-state index contributed by atoms with van der Waals surface area (Å²) >= 11 is 0. The highest BCUT2D eigenvalue weighted by Crippen LogP contribution is 2.24. The lowest BCUT2D eigenvalue weighted by molar-refractivity contribution is 0.340. The van der Waals surface area contributed by atoms with E-state index in [0.29, 0.717) is 23.7 Å². The summed E-state index contributed by atoms with van der Waals surface area (Å²) in [5.41, 5.74) is 1.01. The molecule has 2 rings (SSSR count). The fourth-order valence-corrected chi connectivity index (χ4v) is 3.20. The van der Waals surface area contributed by atoms with Crippen molar-refractivity contribution in [3.05, 3.63) is 48.5 Å². The molecule has 0 amide bonds. The van der Waals surface area contributed by atoms with Crippen LogP contribution in [-0.2, 0) is 10.0 Å². The topological polar surface area (TPSA) is 67.4 Å². The Labute approximate surface area is 125 Å². The largest absolute Gasteiger partial charge is 0.494 e. The molecule has 5 nitrogen and oxygen atoms in total. The minimum absolute atomic E-state index is 0.203. The Morgan fingerprint density at radius 2 is 1.86 bits per heavy atom. The fraction of sp³-hybridized carbons (Fsp3) is 0.200. The van der Waals surface area contributed by atoms with E-state index in [0.717, 1.165) is 0 Å². The quantitative estimate of drug-likeness (QED) is 0.861. The highest BCUT2D eigenvalue weighted by Gasteiger charge is 2.17. The second-order valence-electron chi connectivity index (χ2n) is 4.31. The highest BCUT2D eigenvalue weighted by atomic mass is 32.2. The first-order chi connectivity index (χ1) is 10.1. The van der Waals surface area contributed by atoms with Crippen LogP contribution < -0.4 is 14.8 Å². The van der Waals surface area contributed by atoms with Crippen LogP contribution in [-0.4, -0.2) is 22.1 Å². The number of benzene rings is 2. The van der Waals surface area contributed by atoms with Crippen molar-refractivity contribution in [3.63, 3.8) is 0 Å². The minimum Gasteiger partial charge on any atom is -0.494 e. The summed E-state index contributed by atoms with van der Waals surface area (Å²) in [4.78, 5) is 0.203. The number of hydrogen-bond donors (Lipinski definition) is 2. The van der Waals surface area contributed by atoms with E-state index in [9.17, 15) is 8.42 Å². The van der Waals surface area contributed by atoms with Gasteiger partial charge in [-0.25, -0.2) is 8.42 Å². The maximum Gasteiger partial charge on any atom is 0.263 e. The SMILES string of the molecule is CCOc1cccc(NS(=O)(=O)c2ccccc2NC)c1. The average molecular weight is 306 g/mol. The number of ether oxygens (including phenoxy) is 1. The van der Waals surface area contributed by atoms with Crippen molar-refractivity contribution in [3.8, 4) is 5.75 Å². The Morgan fingerprint density at radius 1 is 1.10 bits per heavy atom. The van der Waals surface area contributed by atoms with Gasteiger partial charge >= 0.3 is 0 Å². The molecule has 21 heavy (non-hydrogen) atoms. The molecular formula is C15H18N2O3S. The number of para-hydroxylation sites is 1. The standard InChI is InChI=1S/C15H18N2O3S/c1-3-20-13-8-6-7-12(11-13)17-21(18,19)15-10-5-4-9-14(15)16-2/h4-11,16-17H,3H2,1-2H3. The predicted octanol–water partition coefficient (Wildman–Crippen LogP) is 2.93. The molecule has 0 atom stereocenters. The van der Waals surface area contributed by atoms with Crippen molar-refractivity contribution in [1.29, 1.82) is 0 Å². The molecule has 0 radical (unpaired) electrons. The number of anilines is 2. The van der Waals surface area contributed by atoms with Crippen molar-refractivity contribution < 1.29 is 13.2 Å². The van der Waals surface area contributed by atoms with Gasteiger partial charge in [0.1, 0.15) is 10.6 Å². The van der Waals surface area contributed by atoms with Crippen LogP contribution in [0, 0.1) is 0 Å². The molecule has 0 spiro atoms. The van der Waals surface area contributed by atoms with Crippen molar-refractivity contribution >= 4 is 21.4 Å². The summed E-state index contributed by atoms with van der Waals surface area (Å²) in [7, 11) is -1.97. The van der Waals surface area contributed by atoms with Crippen LogP contribution in [0.15, 0.2) is 53.4 Å². The van der Waals surface area contributed by atoms with Crippen molar-refractivity contribution in [2.75, 3.05) is 23.7 Å². The fourth-order valence-electron chi connectivity index (χ4n) is 1.93. The van der Waals surface area contributed by atoms with E-state index >= 15 is 0 Å². The van der Waals surface area contributed by atoms with Gasteiger partial charge in [0.2, 0.25) is 0 Å². The molecular weight excluding hydrogens is 288 g/mol. The van der Waals surface area contributed by atoms with E-state index in [1.807, 2.05) is 6.92 Å². The highest BCUT2D eigenvalue weighted by molar-refractivity contribution is 7.92. The molecule has 2 N–H and O–H groups in total. The second kappa shape index (κ2) is 6.49. The summed E-state index contributed by atoms with van der Waals surface area (Å²) in [5, 5.41) is 2.88. The lowest BCUT2D eigenvalue weighted by Gasteiger charge is -2.12. The third-order valence-corrected chi connectivity index (χ3v) is 4.28. The first kappa shape index (κ1) is 15.2. The van der Waals surface area contributed by atoms with Crippen molar-refractivity contribution in [2.45, 2.75) is 11.8 Å².